The van der Waals surface area contributed by atoms with Gasteiger partial charge in [-0.2, -0.15) is 4.68 Å². The highest BCUT2D eigenvalue weighted by molar-refractivity contribution is 6.25. The molecule has 3 aliphatic heterocycles. The highest BCUT2D eigenvalue weighted by atomic mass is 16.2. The minimum absolute atomic E-state index is 0.286. The van der Waals surface area contributed by atoms with E-state index >= 15 is 0 Å². The van der Waals surface area contributed by atoms with Gasteiger partial charge in [-0.1, -0.05) is 65.4 Å². The molecule has 4 atom stereocenters. The van der Waals surface area contributed by atoms with Crippen LogP contribution in [0.25, 0.3) is 17.1 Å². The lowest BCUT2D eigenvalue weighted by Gasteiger charge is -2.36. The van der Waals surface area contributed by atoms with E-state index in [0.717, 1.165) is 16.8 Å². The molecular weight excluding hydrogens is 454 g/mol. The van der Waals surface area contributed by atoms with E-state index in [9.17, 15) is 14.4 Å². The van der Waals surface area contributed by atoms with E-state index < -0.39 is 23.9 Å². The molecule has 0 aliphatic carbocycles. The van der Waals surface area contributed by atoms with Crippen LogP contribution in [0.2, 0.25) is 0 Å². The van der Waals surface area contributed by atoms with Gasteiger partial charge in [-0.15, -0.1) is 5.10 Å². The van der Waals surface area contributed by atoms with Crippen LogP contribution in [0.1, 0.15) is 15.9 Å². The molecule has 4 heterocycles. The first-order valence-electron chi connectivity index (χ1n) is 11.9. The minimum Gasteiger partial charge on any atom is -0.351 e. The summed E-state index contributed by atoms with van der Waals surface area (Å²) in [4.78, 5) is 45.1. The molecule has 8 heteroatoms. The zero-order chi connectivity index (χ0) is 24.6. The van der Waals surface area contributed by atoms with E-state index in [-0.39, 0.29) is 17.7 Å². The van der Waals surface area contributed by atoms with Crippen molar-refractivity contribution in [3.8, 4) is 0 Å². The van der Waals surface area contributed by atoms with E-state index in [1.165, 1.54) is 9.58 Å². The molecule has 36 heavy (non-hydrogen) atoms. The first kappa shape index (κ1) is 20.8. The number of carbonyl (C=O) groups is 3. The average molecular weight is 476 g/mol. The number of aromatic nitrogens is 3. The number of imide groups is 1. The Morgan fingerprint density at radius 2 is 1.58 bits per heavy atom. The van der Waals surface area contributed by atoms with Gasteiger partial charge in [0, 0.05) is 5.69 Å². The zero-order valence-corrected chi connectivity index (χ0v) is 19.4. The molecule has 1 aromatic heterocycles. The third-order valence-electron chi connectivity index (χ3n) is 7.52. The predicted octanol–water partition coefficient (Wildman–Crippen LogP) is 3.47. The summed E-state index contributed by atoms with van der Waals surface area (Å²) in [6.45, 7) is 1.95. The Hall–Kier alpha value is -4.59. The molecular formula is C28H21N5O3. The van der Waals surface area contributed by atoms with Crippen LogP contribution in [-0.4, -0.2) is 44.8 Å². The lowest BCUT2D eigenvalue weighted by molar-refractivity contribution is -0.122. The van der Waals surface area contributed by atoms with Gasteiger partial charge in [0.2, 0.25) is 11.8 Å². The lowest BCUT2D eigenvalue weighted by atomic mass is 9.88. The second-order valence-electron chi connectivity index (χ2n) is 9.49. The van der Waals surface area contributed by atoms with E-state index in [1.807, 2.05) is 72.5 Å². The molecule has 7 rings (SSSR count). The maximum absolute atomic E-state index is 14.2. The number of anilines is 2. The maximum Gasteiger partial charge on any atom is 0.272 e. The van der Waals surface area contributed by atoms with Crippen LogP contribution in [-0.2, 0) is 9.59 Å². The first-order chi connectivity index (χ1) is 17.5. The van der Waals surface area contributed by atoms with Gasteiger partial charge in [-0.05, 0) is 42.8 Å². The number of benzene rings is 3. The Kier molecular flexibility index (Phi) is 4.30. The Balaban J connectivity index is 1.39. The van der Waals surface area contributed by atoms with Gasteiger partial charge >= 0.3 is 0 Å². The van der Waals surface area contributed by atoms with Gasteiger partial charge in [-0.3, -0.25) is 14.4 Å². The molecule has 0 N–H and O–H groups in total. The van der Waals surface area contributed by atoms with Gasteiger partial charge in [-0.25, -0.2) is 4.90 Å². The molecule has 2 saturated heterocycles. The molecule has 0 spiro atoms. The van der Waals surface area contributed by atoms with Gasteiger partial charge in [0.05, 0.1) is 29.1 Å². The highest BCUT2D eigenvalue weighted by Crippen LogP contribution is 2.49. The number of para-hydroxylation sites is 2. The van der Waals surface area contributed by atoms with E-state index in [1.54, 1.807) is 24.3 Å². The molecule has 3 aromatic carbocycles. The summed E-state index contributed by atoms with van der Waals surface area (Å²) in [7, 11) is 0. The molecule has 2 fully saturated rings. The van der Waals surface area contributed by atoms with Crippen molar-refractivity contribution in [2.24, 2.45) is 11.8 Å². The fraction of sp³-hybridized carbons (Fsp3) is 0.179. The number of carbonyl (C=O) groups excluding carboxylic acids is 3. The maximum atomic E-state index is 14.2. The summed E-state index contributed by atoms with van der Waals surface area (Å²) < 4.78 is 1.27. The number of hydrogen-bond donors (Lipinski definition) is 0. The molecule has 4 aromatic rings. The number of aryl methyl sites for hydroxylation is 1. The Labute approximate surface area is 206 Å². The zero-order valence-electron chi connectivity index (χ0n) is 19.4. The van der Waals surface area contributed by atoms with Crippen LogP contribution >= 0.6 is 0 Å². The Bertz CT molecular complexity index is 1600. The van der Waals surface area contributed by atoms with Crippen molar-refractivity contribution in [2.75, 3.05) is 9.80 Å². The molecule has 0 bridgehead atoms. The van der Waals surface area contributed by atoms with Gasteiger partial charge < -0.3 is 4.90 Å². The number of amides is 2. The van der Waals surface area contributed by atoms with Crippen LogP contribution in [0.5, 0.6) is 0 Å². The van der Waals surface area contributed by atoms with Crippen LogP contribution in [0.4, 0.5) is 11.4 Å². The highest BCUT2D eigenvalue weighted by Gasteiger charge is 2.64. The van der Waals surface area contributed by atoms with Crippen molar-refractivity contribution < 1.29 is 14.4 Å². The largest absolute Gasteiger partial charge is 0.351 e. The number of nitrogens with zero attached hydrogens (tertiary/aromatic N) is 5. The van der Waals surface area contributed by atoms with Crippen molar-refractivity contribution in [1.29, 1.82) is 0 Å². The fourth-order valence-electron chi connectivity index (χ4n) is 5.90. The van der Waals surface area contributed by atoms with Crippen molar-refractivity contribution in [1.82, 2.24) is 15.0 Å². The van der Waals surface area contributed by atoms with E-state index in [0.29, 0.717) is 16.7 Å². The van der Waals surface area contributed by atoms with Crippen molar-refractivity contribution in [2.45, 2.75) is 19.0 Å². The van der Waals surface area contributed by atoms with E-state index in [2.05, 4.69) is 10.3 Å². The second kappa shape index (κ2) is 7.45. The SMILES string of the molecule is Cc1ccc(N2C(=O)[C@@H]3[C@@H](C2=O)[C@@H]2C=Cc4ccccc4N2[C@@H]3C(=O)n2nnc3ccccc32)cc1. The Morgan fingerprint density at radius 3 is 2.42 bits per heavy atom. The third kappa shape index (κ3) is 2.72. The van der Waals surface area contributed by atoms with Gasteiger partial charge in [0.1, 0.15) is 11.6 Å². The van der Waals surface area contributed by atoms with Crippen molar-refractivity contribution in [3.63, 3.8) is 0 Å². The van der Waals surface area contributed by atoms with Gasteiger partial charge in [0.15, 0.2) is 0 Å². The standard InChI is InChI=1S/C28H21N5O3/c1-16-10-13-18(14-11-16)31-26(34)23-22-15-12-17-6-2-4-8-20(17)32(22)25(24(23)27(31)35)28(36)33-21-9-5-3-7-19(21)29-30-33/h2-15,22-25H,1H3/t22-,23-,24+,25-/m0/s1. The average Bonchev–Trinajstić information content (AvgIpc) is 3.56. The molecule has 0 radical (unpaired) electrons. The summed E-state index contributed by atoms with van der Waals surface area (Å²) in [5.74, 6) is -2.57. The lowest BCUT2D eigenvalue weighted by Crippen LogP contribution is -2.50. The molecule has 3 aliphatic rings. The quantitative estimate of drug-likeness (QED) is 0.413. The monoisotopic (exact) mass is 475 g/mol. The third-order valence-corrected chi connectivity index (χ3v) is 7.52. The Morgan fingerprint density at radius 1 is 0.861 bits per heavy atom. The second-order valence-corrected chi connectivity index (χ2v) is 9.49. The molecule has 0 unspecified atom stereocenters. The molecule has 0 saturated carbocycles. The molecule has 176 valence electrons. The van der Waals surface area contributed by atoms with Gasteiger partial charge in [0.25, 0.3) is 5.91 Å². The summed E-state index contributed by atoms with van der Waals surface area (Å²) in [6, 6.07) is 20.9. The summed E-state index contributed by atoms with van der Waals surface area (Å²) in [6.07, 6.45) is 3.91. The summed E-state index contributed by atoms with van der Waals surface area (Å²) >= 11 is 0. The van der Waals surface area contributed by atoms with Crippen molar-refractivity contribution in [3.05, 3.63) is 90.0 Å². The summed E-state index contributed by atoms with van der Waals surface area (Å²) in [5.41, 5.74) is 4.47. The normalized spacial score (nSPS) is 24.2. The van der Waals surface area contributed by atoms with Crippen LogP contribution in [0, 0.1) is 18.8 Å². The van der Waals surface area contributed by atoms with Crippen LogP contribution in [0.15, 0.2) is 78.9 Å². The first-order valence-corrected chi connectivity index (χ1v) is 11.9. The number of hydrogen-bond acceptors (Lipinski definition) is 6. The topological polar surface area (TPSA) is 88.4 Å². The van der Waals surface area contributed by atoms with Crippen LogP contribution < -0.4 is 9.80 Å². The smallest absolute Gasteiger partial charge is 0.272 e. The summed E-state index contributed by atoms with van der Waals surface area (Å²) in [5, 5.41) is 8.29. The van der Waals surface area contributed by atoms with Crippen molar-refractivity contribution >= 4 is 46.2 Å². The molecule has 8 nitrogen and oxygen atoms in total. The number of fused-ring (bicyclic) bond motifs is 6. The minimum atomic E-state index is -0.914. The van der Waals surface area contributed by atoms with E-state index in [4.69, 9.17) is 0 Å². The molecule has 2 amide bonds. The number of rotatable bonds is 2. The van der Waals surface area contributed by atoms with Crippen LogP contribution in [0.3, 0.4) is 0 Å². The fourth-order valence-corrected chi connectivity index (χ4v) is 5.90. The predicted molar refractivity (Wildman–Crippen MR) is 134 cm³/mol.